The first-order chi connectivity index (χ1) is 9.87. The lowest BCUT2D eigenvalue weighted by atomic mass is 10.2. The molecule has 0 bridgehead atoms. The van der Waals surface area contributed by atoms with Gasteiger partial charge in [0.05, 0.1) is 0 Å². The summed E-state index contributed by atoms with van der Waals surface area (Å²) in [6.45, 7) is 7.21. The van der Waals surface area contributed by atoms with Gasteiger partial charge in [-0.25, -0.2) is 4.79 Å². The number of benzene rings is 1. The fourth-order valence-electron chi connectivity index (χ4n) is 2.24. The van der Waals surface area contributed by atoms with Gasteiger partial charge in [-0.3, -0.25) is 0 Å². The molecule has 0 radical (unpaired) electrons. The minimum Gasteiger partial charge on any atom is -0.444 e. The lowest BCUT2D eigenvalue weighted by Gasteiger charge is -2.24. The molecule has 0 fully saturated rings. The summed E-state index contributed by atoms with van der Waals surface area (Å²) in [4.78, 5) is 13.5. The van der Waals surface area contributed by atoms with E-state index >= 15 is 0 Å². The van der Waals surface area contributed by atoms with Crippen molar-refractivity contribution < 1.29 is 9.53 Å². The summed E-state index contributed by atoms with van der Waals surface area (Å²) in [5.74, 6) is 0. The van der Waals surface area contributed by atoms with Crippen molar-refractivity contribution in [1.29, 1.82) is 0 Å². The molecule has 0 saturated carbocycles. The van der Waals surface area contributed by atoms with Gasteiger partial charge < -0.3 is 14.2 Å². The Morgan fingerprint density at radius 1 is 1.24 bits per heavy atom. The molecule has 4 nitrogen and oxygen atoms in total. The Hall–Kier alpha value is -1.97. The Bertz CT molecular complexity index is 611. The van der Waals surface area contributed by atoms with Gasteiger partial charge in [0.2, 0.25) is 0 Å². The molecule has 0 aliphatic heterocycles. The summed E-state index contributed by atoms with van der Waals surface area (Å²) in [6.07, 6.45) is 2.73. The molecule has 4 heteroatoms. The van der Waals surface area contributed by atoms with E-state index in [0.717, 1.165) is 13.0 Å². The van der Waals surface area contributed by atoms with Gasteiger partial charge >= 0.3 is 6.09 Å². The number of hydrogen-bond acceptors (Lipinski definition) is 2. The van der Waals surface area contributed by atoms with Crippen molar-refractivity contribution in [2.24, 2.45) is 0 Å². The van der Waals surface area contributed by atoms with E-state index in [2.05, 4.69) is 29.0 Å². The van der Waals surface area contributed by atoms with Crippen molar-refractivity contribution in [1.82, 2.24) is 9.47 Å². The highest BCUT2D eigenvalue weighted by molar-refractivity contribution is 5.79. The summed E-state index contributed by atoms with van der Waals surface area (Å²) in [5.41, 5.74) is 0.791. The lowest BCUT2D eigenvalue weighted by molar-refractivity contribution is 0.0295. The zero-order valence-electron chi connectivity index (χ0n) is 13.3. The van der Waals surface area contributed by atoms with Crippen LogP contribution in [0.3, 0.4) is 0 Å². The van der Waals surface area contributed by atoms with Crippen molar-refractivity contribution in [3.05, 3.63) is 36.5 Å². The number of carbonyl (C=O) groups excluding carboxylic acids is 1. The highest BCUT2D eigenvalue weighted by atomic mass is 16.6. The standard InChI is InChI=1S/C17H24N2O2/c1-17(2,3)21-16(20)18(4)11-7-12-19-13-10-14-8-5-6-9-15(14)19/h5-6,8-10,13H,7,11-12H2,1-4H3. The molecule has 0 N–H and O–H groups in total. The fraction of sp³-hybridized carbons (Fsp3) is 0.471. The maximum absolute atomic E-state index is 11.9. The lowest BCUT2D eigenvalue weighted by Crippen LogP contribution is -2.35. The number of rotatable bonds is 4. The number of aromatic nitrogens is 1. The first-order valence-electron chi connectivity index (χ1n) is 7.35. The maximum Gasteiger partial charge on any atom is 0.410 e. The van der Waals surface area contributed by atoms with E-state index in [1.165, 1.54) is 10.9 Å². The van der Waals surface area contributed by atoms with Gasteiger partial charge in [-0.1, -0.05) is 18.2 Å². The molecule has 0 spiro atoms. The van der Waals surface area contributed by atoms with Crippen LogP contribution in [0.5, 0.6) is 0 Å². The quantitative estimate of drug-likeness (QED) is 0.855. The van der Waals surface area contributed by atoms with Crippen LogP contribution in [-0.2, 0) is 11.3 Å². The molecular weight excluding hydrogens is 264 g/mol. The van der Waals surface area contributed by atoms with E-state index in [0.29, 0.717) is 6.54 Å². The second kappa shape index (κ2) is 6.20. The van der Waals surface area contributed by atoms with Crippen molar-refractivity contribution in [3.8, 4) is 0 Å². The van der Waals surface area contributed by atoms with Crippen LogP contribution >= 0.6 is 0 Å². The number of carbonyl (C=O) groups is 1. The van der Waals surface area contributed by atoms with Crippen LogP contribution in [-0.4, -0.2) is 34.8 Å². The van der Waals surface area contributed by atoms with E-state index in [1.54, 1.807) is 11.9 Å². The molecule has 2 rings (SSSR count). The van der Waals surface area contributed by atoms with Gasteiger partial charge in [0.15, 0.2) is 0 Å². The smallest absolute Gasteiger partial charge is 0.410 e. The van der Waals surface area contributed by atoms with Crippen molar-refractivity contribution in [2.75, 3.05) is 13.6 Å². The van der Waals surface area contributed by atoms with Crippen LogP contribution < -0.4 is 0 Å². The molecule has 2 aromatic rings. The summed E-state index contributed by atoms with van der Waals surface area (Å²) >= 11 is 0. The number of aryl methyl sites for hydroxylation is 1. The van der Waals surface area contributed by atoms with Crippen LogP contribution in [0.1, 0.15) is 27.2 Å². The van der Waals surface area contributed by atoms with Crippen LogP contribution in [0, 0.1) is 0 Å². The summed E-state index contributed by atoms with van der Waals surface area (Å²) in [5, 5.41) is 1.25. The van der Waals surface area contributed by atoms with E-state index < -0.39 is 5.60 Å². The second-order valence-corrected chi connectivity index (χ2v) is 6.32. The molecule has 0 atom stereocenters. The largest absolute Gasteiger partial charge is 0.444 e. The molecule has 1 amide bonds. The summed E-state index contributed by atoms with van der Waals surface area (Å²) in [7, 11) is 1.78. The maximum atomic E-state index is 11.9. The highest BCUT2D eigenvalue weighted by Gasteiger charge is 2.19. The third kappa shape index (κ3) is 4.25. The van der Waals surface area contributed by atoms with E-state index in [-0.39, 0.29) is 6.09 Å². The van der Waals surface area contributed by atoms with Gasteiger partial charge in [-0.15, -0.1) is 0 Å². The predicted octanol–water partition coefficient (Wildman–Crippen LogP) is 3.90. The van der Waals surface area contributed by atoms with Crippen LogP contribution in [0.2, 0.25) is 0 Å². The first kappa shape index (κ1) is 15.4. The topological polar surface area (TPSA) is 34.5 Å². The SMILES string of the molecule is CN(CCCn1ccc2ccccc21)C(=O)OC(C)(C)C. The zero-order chi connectivity index (χ0) is 15.5. The molecule has 0 unspecified atom stereocenters. The predicted molar refractivity (Wildman–Crippen MR) is 85.4 cm³/mol. The van der Waals surface area contributed by atoms with Gasteiger partial charge in [0.25, 0.3) is 0 Å². The van der Waals surface area contributed by atoms with Crippen molar-refractivity contribution in [2.45, 2.75) is 39.3 Å². The van der Waals surface area contributed by atoms with E-state index in [9.17, 15) is 4.79 Å². The third-order valence-electron chi connectivity index (χ3n) is 3.28. The molecule has 1 heterocycles. The van der Waals surface area contributed by atoms with Gasteiger partial charge in [0, 0.05) is 31.9 Å². The molecule has 21 heavy (non-hydrogen) atoms. The molecule has 114 valence electrons. The summed E-state index contributed by atoms with van der Waals surface area (Å²) < 4.78 is 7.56. The zero-order valence-corrected chi connectivity index (χ0v) is 13.3. The molecular formula is C17H24N2O2. The Balaban J connectivity index is 1.85. The van der Waals surface area contributed by atoms with Gasteiger partial charge in [0.1, 0.15) is 5.60 Å². The van der Waals surface area contributed by atoms with E-state index in [4.69, 9.17) is 4.74 Å². The average molecular weight is 288 g/mol. The van der Waals surface area contributed by atoms with Crippen LogP contribution in [0.4, 0.5) is 4.79 Å². The molecule has 1 aromatic heterocycles. The third-order valence-corrected chi connectivity index (χ3v) is 3.28. The number of amides is 1. The molecule has 1 aromatic carbocycles. The van der Waals surface area contributed by atoms with Crippen molar-refractivity contribution >= 4 is 17.0 Å². The van der Waals surface area contributed by atoms with E-state index in [1.807, 2.05) is 32.9 Å². The molecule has 0 saturated heterocycles. The van der Waals surface area contributed by atoms with Crippen molar-refractivity contribution in [3.63, 3.8) is 0 Å². The second-order valence-electron chi connectivity index (χ2n) is 6.32. The van der Waals surface area contributed by atoms with Gasteiger partial charge in [-0.2, -0.15) is 0 Å². The molecule has 0 aliphatic carbocycles. The fourth-order valence-corrected chi connectivity index (χ4v) is 2.24. The minimum absolute atomic E-state index is 0.264. The number of para-hydroxylation sites is 1. The first-order valence-corrected chi connectivity index (χ1v) is 7.35. The number of hydrogen-bond donors (Lipinski definition) is 0. The number of ether oxygens (including phenoxy) is 1. The highest BCUT2D eigenvalue weighted by Crippen LogP contribution is 2.15. The Morgan fingerprint density at radius 3 is 2.67 bits per heavy atom. The Morgan fingerprint density at radius 2 is 1.95 bits per heavy atom. The number of nitrogens with zero attached hydrogens (tertiary/aromatic N) is 2. The average Bonchev–Trinajstić information content (AvgIpc) is 2.80. The van der Waals surface area contributed by atoms with Crippen LogP contribution in [0.15, 0.2) is 36.5 Å². The Kier molecular flexibility index (Phi) is 4.56. The monoisotopic (exact) mass is 288 g/mol. The molecule has 0 aliphatic rings. The normalized spacial score (nSPS) is 11.6. The van der Waals surface area contributed by atoms with Gasteiger partial charge in [-0.05, 0) is 44.7 Å². The Labute approximate surface area is 126 Å². The van der Waals surface area contributed by atoms with Crippen LogP contribution in [0.25, 0.3) is 10.9 Å². The minimum atomic E-state index is -0.442. The number of fused-ring (bicyclic) bond motifs is 1. The summed E-state index contributed by atoms with van der Waals surface area (Å²) in [6, 6.07) is 10.4.